The highest BCUT2D eigenvalue weighted by molar-refractivity contribution is 9.10. The first kappa shape index (κ1) is 24.7. The fraction of sp³-hybridized carbons (Fsp3) is 0.200. The van der Waals surface area contributed by atoms with Gasteiger partial charge in [0.25, 0.3) is 11.5 Å². The number of methoxy groups -OCH3 is 1. The molecule has 0 radical (unpaired) electrons. The molecule has 5 rings (SSSR count). The summed E-state index contributed by atoms with van der Waals surface area (Å²) in [7, 11) is 1.52. The molecule has 0 aliphatic carbocycles. The van der Waals surface area contributed by atoms with Crippen molar-refractivity contribution in [1.82, 2.24) is 4.57 Å². The zero-order chi connectivity index (χ0) is 25.7. The second kappa shape index (κ2) is 9.45. The summed E-state index contributed by atoms with van der Waals surface area (Å²) >= 11 is 8.04. The van der Waals surface area contributed by atoms with Crippen LogP contribution < -0.4 is 24.9 Å². The van der Waals surface area contributed by atoms with E-state index in [1.54, 1.807) is 38.1 Å². The van der Waals surface area contributed by atoms with E-state index < -0.39 is 17.6 Å². The molecule has 0 spiro atoms. The third-order valence-corrected chi connectivity index (χ3v) is 7.97. The van der Waals surface area contributed by atoms with E-state index in [2.05, 4.69) is 42.2 Å². The number of carbonyl (C=O) groups excluding carboxylic acids is 2. The number of halogens is 2. The van der Waals surface area contributed by atoms with E-state index in [-0.39, 0.29) is 28.2 Å². The number of hydrogen-bond acceptors (Lipinski definition) is 7. The van der Waals surface area contributed by atoms with E-state index in [1.807, 2.05) is 12.1 Å². The molecule has 1 N–H and O–H groups in total. The minimum Gasteiger partial charge on any atom is -0.496 e. The average Bonchev–Trinajstić information content (AvgIpc) is 3.32. The summed E-state index contributed by atoms with van der Waals surface area (Å²) in [5.74, 6) is -0.450. The minimum atomic E-state index is -0.867. The number of thiazole rings is 1. The van der Waals surface area contributed by atoms with E-state index >= 15 is 0 Å². The molecule has 1 amide bonds. The summed E-state index contributed by atoms with van der Waals surface area (Å²) in [6.07, 6.45) is 0. The lowest BCUT2D eigenvalue weighted by atomic mass is 9.95. The molecule has 2 aliphatic rings. The summed E-state index contributed by atoms with van der Waals surface area (Å²) in [5, 5.41) is 2.82. The van der Waals surface area contributed by atoms with Crippen LogP contribution in [0.1, 0.15) is 31.0 Å². The van der Waals surface area contributed by atoms with Crippen molar-refractivity contribution in [3.63, 3.8) is 0 Å². The second-order valence-corrected chi connectivity index (χ2v) is 10.8. The third-order valence-electron chi connectivity index (χ3n) is 5.93. The summed E-state index contributed by atoms with van der Waals surface area (Å²) in [4.78, 5) is 45.1. The number of allylic oxidation sites excluding steroid dienone is 1. The Balaban J connectivity index is 1.86. The highest BCUT2D eigenvalue weighted by Gasteiger charge is 2.36. The minimum absolute atomic E-state index is 0.165. The molecule has 3 heterocycles. The van der Waals surface area contributed by atoms with Gasteiger partial charge >= 0.3 is 5.97 Å². The number of benzene rings is 2. The Morgan fingerprint density at radius 2 is 1.89 bits per heavy atom. The number of nitrogens with one attached hydrogen (secondary N) is 1. The van der Waals surface area contributed by atoms with Crippen LogP contribution in [0.4, 0.5) is 5.69 Å². The van der Waals surface area contributed by atoms with E-state index in [9.17, 15) is 14.4 Å². The maximum atomic E-state index is 14.0. The van der Waals surface area contributed by atoms with E-state index in [0.29, 0.717) is 33.1 Å². The Bertz CT molecular complexity index is 1670. The molecule has 0 fully saturated rings. The van der Waals surface area contributed by atoms with Gasteiger partial charge in [-0.25, -0.2) is 9.79 Å². The Morgan fingerprint density at radius 3 is 2.61 bits per heavy atom. The van der Waals surface area contributed by atoms with Gasteiger partial charge < -0.3 is 14.8 Å². The highest BCUT2D eigenvalue weighted by atomic mass is 79.9. The van der Waals surface area contributed by atoms with Gasteiger partial charge in [-0.1, -0.05) is 43.2 Å². The Labute approximate surface area is 226 Å². The molecule has 1 atom stereocenters. The molecular weight excluding hydrogens is 614 g/mol. The van der Waals surface area contributed by atoms with E-state index in [4.69, 9.17) is 9.47 Å². The van der Waals surface area contributed by atoms with Crippen molar-refractivity contribution in [2.45, 2.75) is 19.9 Å². The summed E-state index contributed by atoms with van der Waals surface area (Å²) in [6.45, 7) is 3.59. The molecule has 3 aromatic rings. The van der Waals surface area contributed by atoms with Crippen molar-refractivity contribution in [3.05, 3.63) is 87.4 Å². The molecule has 184 valence electrons. The van der Waals surface area contributed by atoms with Gasteiger partial charge in [0.1, 0.15) is 16.3 Å². The van der Waals surface area contributed by atoms with Crippen LogP contribution in [-0.2, 0) is 14.3 Å². The molecule has 2 aliphatic heterocycles. The van der Waals surface area contributed by atoms with Crippen molar-refractivity contribution in [3.8, 4) is 5.75 Å². The molecule has 1 aromatic heterocycles. The van der Waals surface area contributed by atoms with Crippen LogP contribution in [0.3, 0.4) is 0 Å². The Kier molecular flexibility index (Phi) is 6.48. The van der Waals surface area contributed by atoms with Crippen molar-refractivity contribution in [2.75, 3.05) is 19.0 Å². The number of nitrogens with zero attached hydrogens (tertiary/aromatic N) is 2. The lowest BCUT2D eigenvalue weighted by Crippen LogP contribution is -2.40. The maximum Gasteiger partial charge on any atom is 0.338 e. The smallest absolute Gasteiger partial charge is 0.338 e. The van der Waals surface area contributed by atoms with Crippen LogP contribution >= 0.6 is 43.2 Å². The van der Waals surface area contributed by atoms with Gasteiger partial charge in [-0.3, -0.25) is 14.2 Å². The number of carbonyl (C=O) groups is 2. The quantitative estimate of drug-likeness (QED) is 0.443. The van der Waals surface area contributed by atoms with E-state index in [1.165, 1.54) is 11.7 Å². The molecule has 0 unspecified atom stereocenters. The first-order valence-electron chi connectivity index (χ1n) is 10.9. The fourth-order valence-electron chi connectivity index (χ4n) is 4.42. The Morgan fingerprint density at radius 1 is 1.17 bits per heavy atom. The number of ether oxygens (including phenoxy) is 2. The molecule has 0 saturated heterocycles. The lowest BCUT2D eigenvalue weighted by molar-refractivity contribution is -0.139. The van der Waals surface area contributed by atoms with Gasteiger partial charge in [0, 0.05) is 25.8 Å². The predicted molar refractivity (Wildman–Crippen MR) is 143 cm³/mol. The van der Waals surface area contributed by atoms with Crippen molar-refractivity contribution < 1.29 is 19.1 Å². The zero-order valence-corrected chi connectivity index (χ0v) is 23.3. The number of rotatable bonds is 4. The van der Waals surface area contributed by atoms with Crippen LogP contribution in [-0.4, -0.2) is 30.2 Å². The van der Waals surface area contributed by atoms with Crippen molar-refractivity contribution in [2.24, 2.45) is 4.99 Å². The summed E-state index contributed by atoms with van der Waals surface area (Å²) < 4.78 is 14.2. The Hall–Kier alpha value is -3.02. The maximum absolute atomic E-state index is 14.0. The van der Waals surface area contributed by atoms with Gasteiger partial charge in [-0.15, -0.1) is 0 Å². The molecular formula is C25H19Br2N3O5S. The van der Waals surface area contributed by atoms with Gasteiger partial charge in [0.15, 0.2) is 4.80 Å². The summed E-state index contributed by atoms with van der Waals surface area (Å²) in [6, 6.07) is 9.90. The normalized spacial score (nSPS) is 17.8. The first-order chi connectivity index (χ1) is 17.2. The van der Waals surface area contributed by atoms with Gasteiger partial charge in [0.2, 0.25) is 0 Å². The molecule has 8 nitrogen and oxygen atoms in total. The zero-order valence-electron chi connectivity index (χ0n) is 19.3. The average molecular weight is 633 g/mol. The van der Waals surface area contributed by atoms with E-state index in [0.717, 1.165) is 20.3 Å². The lowest BCUT2D eigenvalue weighted by Gasteiger charge is -2.26. The third kappa shape index (κ3) is 3.95. The highest BCUT2D eigenvalue weighted by Crippen LogP contribution is 2.38. The number of esters is 1. The van der Waals surface area contributed by atoms with Gasteiger partial charge in [0.05, 0.1) is 30.6 Å². The molecule has 0 saturated carbocycles. The van der Waals surface area contributed by atoms with Crippen LogP contribution in [0, 0.1) is 0 Å². The fourth-order valence-corrected chi connectivity index (χ4v) is 6.30. The number of fused-ring (bicyclic) bond motifs is 2. The topological polar surface area (TPSA) is 99.0 Å². The molecule has 0 bridgehead atoms. The number of aromatic nitrogens is 1. The largest absolute Gasteiger partial charge is 0.496 e. The summed E-state index contributed by atoms with van der Waals surface area (Å²) in [5.41, 5.74) is 2.33. The molecule has 11 heteroatoms. The van der Waals surface area contributed by atoms with Crippen LogP contribution in [0.25, 0.3) is 5.57 Å². The molecule has 2 aromatic carbocycles. The number of anilines is 1. The van der Waals surface area contributed by atoms with Crippen LogP contribution in [0.2, 0.25) is 0 Å². The number of amides is 1. The second-order valence-electron chi connectivity index (χ2n) is 8.03. The van der Waals surface area contributed by atoms with Crippen molar-refractivity contribution in [1.29, 1.82) is 0 Å². The van der Waals surface area contributed by atoms with Gasteiger partial charge in [-0.2, -0.15) is 0 Å². The first-order valence-corrected chi connectivity index (χ1v) is 13.3. The SMILES string of the molecule is CCOC(=O)C1=C(C)N=c2s/c(=C3/C(=O)Nc4ccc(Br)cc43)c(=O)n2[C@@H]1c1cc(Br)ccc1OC. The number of hydrogen-bond donors (Lipinski definition) is 1. The predicted octanol–water partition coefficient (Wildman–Crippen LogP) is 3.65. The van der Waals surface area contributed by atoms with Crippen LogP contribution in [0.15, 0.2) is 66.4 Å². The van der Waals surface area contributed by atoms with Crippen molar-refractivity contribution >= 4 is 66.3 Å². The monoisotopic (exact) mass is 631 g/mol. The van der Waals surface area contributed by atoms with Crippen LogP contribution in [0.5, 0.6) is 5.75 Å². The standard InChI is InChI=1S/C25H19Br2N3O5S/c1-4-35-24(33)18-11(2)28-25-30(20(18)15-10-13(27)6-8-17(15)34-3)23(32)21(36-25)19-14-9-12(26)5-7-16(14)29-22(19)31/h5-10,20H,4H2,1-3H3,(H,29,31)/b21-19+/t20-/m1/s1. The van der Waals surface area contributed by atoms with Gasteiger partial charge in [-0.05, 0) is 50.2 Å². The molecule has 36 heavy (non-hydrogen) atoms.